The standard InChI is InChI=1S/C9H17NS/c1-6(2)8-5-11-9(10-8)7(3)4/h6-8H,5H2,1-4H3/t8-/m0/s1. The maximum Gasteiger partial charge on any atom is 0.0706 e. The van der Waals surface area contributed by atoms with E-state index in [0.717, 1.165) is 0 Å². The fraction of sp³-hybridized carbons (Fsp3) is 0.889. The molecule has 0 aromatic carbocycles. The molecule has 1 heterocycles. The summed E-state index contributed by atoms with van der Waals surface area (Å²) in [5.41, 5.74) is 0. The van der Waals surface area contributed by atoms with Crippen LogP contribution in [0.4, 0.5) is 0 Å². The van der Waals surface area contributed by atoms with Crippen LogP contribution in [0.25, 0.3) is 0 Å². The van der Waals surface area contributed by atoms with E-state index in [1.807, 2.05) is 11.8 Å². The molecule has 64 valence electrons. The number of thioether (sulfide) groups is 1. The fourth-order valence-corrected chi connectivity index (χ4v) is 2.41. The van der Waals surface area contributed by atoms with E-state index in [0.29, 0.717) is 17.9 Å². The molecule has 0 spiro atoms. The van der Waals surface area contributed by atoms with Crippen LogP contribution >= 0.6 is 11.8 Å². The van der Waals surface area contributed by atoms with Crippen molar-refractivity contribution in [1.29, 1.82) is 0 Å². The van der Waals surface area contributed by atoms with Gasteiger partial charge in [-0.25, -0.2) is 0 Å². The third kappa shape index (κ3) is 2.22. The molecule has 1 atom stereocenters. The SMILES string of the molecule is CC(C)C1=N[C@H](C(C)C)CS1. The molecule has 0 saturated heterocycles. The molecule has 0 aliphatic carbocycles. The molecule has 1 nitrogen and oxygen atoms in total. The highest BCUT2D eigenvalue weighted by molar-refractivity contribution is 8.14. The van der Waals surface area contributed by atoms with Gasteiger partial charge in [-0.2, -0.15) is 0 Å². The largest absolute Gasteiger partial charge is 0.278 e. The number of aliphatic imine (C=N–C) groups is 1. The normalized spacial score (nSPS) is 24.9. The van der Waals surface area contributed by atoms with Gasteiger partial charge in [-0.3, -0.25) is 4.99 Å². The van der Waals surface area contributed by atoms with Gasteiger partial charge in [0.25, 0.3) is 0 Å². The molecule has 1 rings (SSSR count). The van der Waals surface area contributed by atoms with Crippen LogP contribution < -0.4 is 0 Å². The highest BCUT2D eigenvalue weighted by Gasteiger charge is 2.22. The number of hydrogen-bond acceptors (Lipinski definition) is 2. The van der Waals surface area contributed by atoms with Crippen molar-refractivity contribution in [3.05, 3.63) is 0 Å². The van der Waals surface area contributed by atoms with Crippen molar-refractivity contribution < 1.29 is 0 Å². The van der Waals surface area contributed by atoms with Crippen molar-refractivity contribution in [2.24, 2.45) is 16.8 Å². The van der Waals surface area contributed by atoms with Gasteiger partial charge in [0.2, 0.25) is 0 Å². The van der Waals surface area contributed by atoms with E-state index in [9.17, 15) is 0 Å². The quantitative estimate of drug-likeness (QED) is 0.622. The van der Waals surface area contributed by atoms with Crippen LogP contribution in [0.15, 0.2) is 4.99 Å². The van der Waals surface area contributed by atoms with E-state index in [-0.39, 0.29) is 0 Å². The first kappa shape index (κ1) is 9.11. The van der Waals surface area contributed by atoms with Crippen LogP contribution in [-0.2, 0) is 0 Å². The molecule has 0 aromatic rings. The Hall–Kier alpha value is 0.0200. The highest BCUT2D eigenvalue weighted by atomic mass is 32.2. The van der Waals surface area contributed by atoms with Gasteiger partial charge in [-0.1, -0.05) is 27.7 Å². The van der Waals surface area contributed by atoms with Crippen LogP contribution in [0.5, 0.6) is 0 Å². The van der Waals surface area contributed by atoms with Crippen molar-refractivity contribution >= 4 is 16.8 Å². The van der Waals surface area contributed by atoms with Crippen LogP contribution in [0, 0.1) is 11.8 Å². The molecule has 0 saturated carbocycles. The number of hydrogen-bond donors (Lipinski definition) is 0. The van der Waals surface area contributed by atoms with Crippen LogP contribution in [0.2, 0.25) is 0 Å². The Morgan fingerprint density at radius 3 is 2.27 bits per heavy atom. The zero-order valence-electron chi connectivity index (χ0n) is 7.79. The minimum absolute atomic E-state index is 0.581. The van der Waals surface area contributed by atoms with Gasteiger partial charge in [0.15, 0.2) is 0 Å². The zero-order chi connectivity index (χ0) is 8.43. The predicted molar refractivity (Wildman–Crippen MR) is 53.4 cm³/mol. The number of nitrogens with zero attached hydrogens (tertiary/aromatic N) is 1. The Bertz CT molecular complexity index is 161. The molecule has 0 radical (unpaired) electrons. The number of rotatable bonds is 2. The molecule has 1 aliphatic heterocycles. The zero-order valence-corrected chi connectivity index (χ0v) is 8.61. The monoisotopic (exact) mass is 171 g/mol. The minimum Gasteiger partial charge on any atom is -0.278 e. The molecule has 0 amide bonds. The van der Waals surface area contributed by atoms with E-state index in [2.05, 4.69) is 32.7 Å². The Morgan fingerprint density at radius 1 is 1.36 bits per heavy atom. The Morgan fingerprint density at radius 2 is 2.00 bits per heavy atom. The topological polar surface area (TPSA) is 12.4 Å². The van der Waals surface area contributed by atoms with Crippen LogP contribution in [-0.4, -0.2) is 16.8 Å². The van der Waals surface area contributed by atoms with Gasteiger partial charge in [0, 0.05) is 11.7 Å². The van der Waals surface area contributed by atoms with E-state index < -0.39 is 0 Å². The third-order valence-corrected chi connectivity index (χ3v) is 3.34. The van der Waals surface area contributed by atoms with Gasteiger partial charge in [0.05, 0.1) is 11.1 Å². The summed E-state index contributed by atoms with van der Waals surface area (Å²) in [4.78, 5) is 4.67. The first-order valence-electron chi connectivity index (χ1n) is 4.31. The van der Waals surface area contributed by atoms with E-state index >= 15 is 0 Å². The first-order chi connectivity index (χ1) is 5.11. The second-order valence-corrected chi connectivity index (χ2v) is 4.78. The highest BCUT2D eigenvalue weighted by Crippen LogP contribution is 2.26. The molecule has 0 unspecified atom stereocenters. The van der Waals surface area contributed by atoms with Crippen molar-refractivity contribution in [3.8, 4) is 0 Å². The molecular formula is C9H17NS. The average molecular weight is 171 g/mol. The molecule has 0 fully saturated rings. The molecule has 11 heavy (non-hydrogen) atoms. The molecule has 1 aliphatic rings. The van der Waals surface area contributed by atoms with Gasteiger partial charge in [0.1, 0.15) is 0 Å². The fourth-order valence-electron chi connectivity index (χ4n) is 1.07. The second-order valence-electron chi connectivity index (χ2n) is 3.74. The second kappa shape index (κ2) is 3.61. The lowest BCUT2D eigenvalue weighted by atomic mass is 10.1. The van der Waals surface area contributed by atoms with Gasteiger partial charge in [-0.05, 0) is 5.92 Å². The average Bonchev–Trinajstić information content (AvgIpc) is 2.33. The first-order valence-corrected chi connectivity index (χ1v) is 5.30. The summed E-state index contributed by atoms with van der Waals surface area (Å²) >= 11 is 1.94. The van der Waals surface area contributed by atoms with Crippen molar-refractivity contribution in [3.63, 3.8) is 0 Å². The van der Waals surface area contributed by atoms with Gasteiger partial charge in [-0.15, -0.1) is 11.8 Å². The predicted octanol–water partition coefficient (Wildman–Crippen LogP) is 2.81. The van der Waals surface area contributed by atoms with Crippen LogP contribution in [0.1, 0.15) is 27.7 Å². The van der Waals surface area contributed by atoms with Crippen molar-refractivity contribution in [1.82, 2.24) is 0 Å². The molecule has 0 bridgehead atoms. The summed E-state index contributed by atoms with van der Waals surface area (Å²) < 4.78 is 0. The van der Waals surface area contributed by atoms with E-state index in [1.54, 1.807) is 0 Å². The lowest BCUT2D eigenvalue weighted by Crippen LogP contribution is -2.11. The van der Waals surface area contributed by atoms with E-state index in [4.69, 9.17) is 0 Å². The Kier molecular flexibility index (Phi) is 2.99. The summed E-state index contributed by atoms with van der Waals surface area (Å²) in [5.74, 6) is 2.54. The molecule has 0 aromatic heterocycles. The third-order valence-electron chi connectivity index (χ3n) is 1.96. The summed E-state index contributed by atoms with van der Waals surface area (Å²) in [5, 5.41) is 1.35. The maximum absolute atomic E-state index is 4.67. The maximum atomic E-state index is 4.67. The summed E-state index contributed by atoms with van der Waals surface area (Å²) in [6, 6.07) is 0.581. The van der Waals surface area contributed by atoms with Gasteiger partial charge < -0.3 is 0 Å². The van der Waals surface area contributed by atoms with Crippen LogP contribution in [0.3, 0.4) is 0 Å². The Balaban J connectivity index is 2.54. The molecule has 2 heteroatoms. The lowest BCUT2D eigenvalue weighted by molar-refractivity contribution is 0.542. The summed E-state index contributed by atoms with van der Waals surface area (Å²) in [6.45, 7) is 8.93. The van der Waals surface area contributed by atoms with Crippen molar-refractivity contribution in [2.45, 2.75) is 33.7 Å². The van der Waals surface area contributed by atoms with Crippen molar-refractivity contribution in [2.75, 3.05) is 5.75 Å². The summed E-state index contributed by atoms with van der Waals surface area (Å²) in [6.07, 6.45) is 0. The minimum atomic E-state index is 0.581. The smallest absolute Gasteiger partial charge is 0.0706 e. The Labute approximate surface area is 73.7 Å². The lowest BCUT2D eigenvalue weighted by Gasteiger charge is -2.08. The van der Waals surface area contributed by atoms with Gasteiger partial charge >= 0.3 is 0 Å². The molecule has 0 N–H and O–H groups in total. The molecular weight excluding hydrogens is 154 g/mol. The van der Waals surface area contributed by atoms with E-state index in [1.165, 1.54) is 10.8 Å². The summed E-state index contributed by atoms with van der Waals surface area (Å²) in [7, 11) is 0.